The van der Waals surface area contributed by atoms with Gasteiger partial charge in [-0.25, -0.2) is 0 Å². The molecule has 1 aliphatic carbocycles. The molecule has 0 aromatic carbocycles. The van der Waals surface area contributed by atoms with Crippen LogP contribution in [0.3, 0.4) is 0 Å². The van der Waals surface area contributed by atoms with Crippen LogP contribution in [0.2, 0.25) is 0 Å². The topological polar surface area (TPSA) is 0 Å². The molecule has 0 aromatic heterocycles. The smallest absolute Gasteiger partial charge is 0.0679 e. The van der Waals surface area contributed by atoms with Crippen LogP contribution in [0.5, 0.6) is 0 Å². The number of rotatable bonds is 2. The molecule has 0 aromatic rings. The van der Waals surface area contributed by atoms with Crippen molar-refractivity contribution in [2.24, 2.45) is 0 Å². The lowest BCUT2D eigenvalue weighted by Crippen LogP contribution is -2.10. The van der Waals surface area contributed by atoms with Crippen molar-refractivity contribution < 1.29 is 0 Å². The van der Waals surface area contributed by atoms with Crippen LogP contribution >= 0.6 is 23.2 Å². The van der Waals surface area contributed by atoms with Crippen LogP contribution in [0.1, 0.15) is 26.2 Å². The van der Waals surface area contributed by atoms with Crippen molar-refractivity contribution in [2.75, 3.05) is 0 Å². The lowest BCUT2D eigenvalue weighted by Gasteiger charge is -2.18. The van der Waals surface area contributed by atoms with Crippen LogP contribution in [-0.4, -0.2) is 10.8 Å². The Morgan fingerprint density at radius 2 is 2.00 bits per heavy atom. The summed E-state index contributed by atoms with van der Waals surface area (Å²) < 4.78 is 0. The fourth-order valence-electron chi connectivity index (χ4n) is 0.905. The van der Waals surface area contributed by atoms with Crippen LogP contribution in [-0.2, 0) is 0 Å². The van der Waals surface area contributed by atoms with Crippen molar-refractivity contribution in [1.82, 2.24) is 0 Å². The summed E-state index contributed by atoms with van der Waals surface area (Å²) >= 11 is 11.7. The molecule has 0 nitrogen and oxygen atoms in total. The Morgan fingerprint density at radius 3 is 2.30 bits per heavy atom. The van der Waals surface area contributed by atoms with Gasteiger partial charge in [-0.15, -0.1) is 23.2 Å². The highest BCUT2D eigenvalue weighted by Gasteiger charge is 2.13. The summed E-state index contributed by atoms with van der Waals surface area (Å²) in [5.41, 5.74) is 1.48. The first kappa shape index (κ1) is 8.42. The molecule has 0 radical (unpaired) electrons. The molecular weight excluding hydrogens is 167 g/mol. The van der Waals surface area contributed by atoms with Gasteiger partial charge in [-0.05, 0) is 26.2 Å². The molecule has 2 atom stereocenters. The molecule has 1 saturated carbocycles. The normalized spacial score (nSPS) is 23.3. The molecule has 1 aliphatic rings. The summed E-state index contributed by atoms with van der Waals surface area (Å²) in [5.74, 6) is 0. The molecule has 58 valence electrons. The van der Waals surface area contributed by atoms with E-state index in [1.54, 1.807) is 0 Å². The van der Waals surface area contributed by atoms with Gasteiger partial charge >= 0.3 is 0 Å². The zero-order valence-corrected chi connectivity index (χ0v) is 7.62. The van der Waals surface area contributed by atoms with E-state index in [1.807, 2.05) is 6.92 Å². The third kappa shape index (κ3) is 2.17. The lowest BCUT2D eigenvalue weighted by atomic mass is 9.91. The molecule has 2 heteroatoms. The molecule has 2 unspecified atom stereocenters. The molecule has 0 bridgehead atoms. The first-order valence-corrected chi connectivity index (χ1v) is 4.55. The van der Waals surface area contributed by atoms with Crippen LogP contribution in [0.4, 0.5) is 0 Å². The molecule has 0 aliphatic heterocycles. The number of hydrogen-bond acceptors (Lipinski definition) is 0. The monoisotopic (exact) mass is 178 g/mol. The van der Waals surface area contributed by atoms with Crippen molar-refractivity contribution in [3.8, 4) is 0 Å². The maximum Gasteiger partial charge on any atom is 0.0679 e. The molecule has 0 saturated heterocycles. The molecule has 0 amide bonds. The molecule has 10 heavy (non-hydrogen) atoms. The van der Waals surface area contributed by atoms with Crippen LogP contribution < -0.4 is 0 Å². The van der Waals surface area contributed by atoms with Gasteiger partial charge in [-0.2, -0.15) is 0 Å². The zero-order chi connectivity index (χ0) is 7.56. The lowest BCUT2D eigenvalue weighted by molar-refractivity contribution is 0.655. The first-order valence-electron chi connectivity index (χ1n) is 3.68. The van der Waals surface area contributed by atoms with Gasteiger partial charge in [0.15, 0.2) is 0 Å². The number of alkyl halides is 2. The van der Waals surface area contributed by atoms with Crippen molar-refractivity contribution >= 4 is 23.2 Å². The Kier molecular flexibility index (Phi) is 3.06. The SMILES string of the molecule is CC(Cl)C(Cl)C=C1CCC1. The van der Waals surface area contributed by atoms with Crippen molar-refractivity contribution in [3.63, 3.8) is 0 Å². The van der Waals surface area contributed by atoms with Crippen molar-refractivity contribution in [3.05, 3.63) is 11.6 Å². The van der Waals surface area contributed by atoms with E-state index in [1.165, 1.54) is 24.8 Å². The second-order valence-electron chi connectivity index (χ2n) is 2.80. The zero-order valence-electron chi connectivity index (χ0n) is 6.11. The average molecular weight is 179 g/mol. The van der Waals surface area contributed by atoms with E-state index in [-0.39, 0.29) is 10.8 Å². The third-order valence-electron chi connectivity index (χ3n) is 1.83. The first-order chi connectivity index (χ1) is 4.70. The van der Waals surface area contributed by atoms with Crippen LogP contribution in [0.25, 0.3) is 0 Å². The van der Waals surface area contributed by atoms with Crippen LogP contribution in [0.15, 0.2) is 11.6 Å². The summed E-state index contributed by atoms with van der Waals surface area (Å²) in [5, 5.41) is 0.0757. The van der Waals surface area contributed by atoms with Gasteiger partial charge in [-0.1, -0.05) is 11.6 Å². The maximum atomic E-state index is 5.91. The van der Waals surface area contributed by atoms with Gasteiger partial charge in [0.1, 0.15) is 0 Å². The molecule has 0 heterocycles. The van der Waals surface area contributed by atoms with Gasteiger partial charge < -0.3 is 0 Å². The van der Waals surface area contributed by atoms with Crippen molar-refractivity contribution in [1.29, 1.82) is 0 Å². The predicted molar refractivity (Wildman–Crippen MR) is 46.9 cm³/mol. The standard InChI is InChI=1S/C8H12Cl2/c1-6(9)8(10)5-7-3-2-4-7/h5-6,8H,2-4H2,1H3. The van der Waals surface area contributed by atoms with Crippen molar-refractivity contribution in [2.45, 2.75) is 36.9 Å². The minimum absolute atomic E-state index is 0.0250. The van der Waals surface area contributed by atoms with E-state index >= 15 is 0 Å². The average Bonchev–Trinajstić information content (AvgIpc) is 1.77. The van der Waals surface area contributed by atoms with E-state index in [9.17, 15) is 0 Å². The highest BCUT2D eigenvalue weighted by molar-refractivity contribution is 6.30. The van der Waals surface area contributed by atoms with E-state index in [0.29, 0.717) is 0 Å². The fourth-order valence-corrected chi connectivity index (χ4v) is 1.16. The minimum atomic E-state index is 0.0250. The molecule has 1 fully saturated rings. The Labute approximate surface area is 72.2 Å². The molecule has 0 spiro atoms. The van der Waals surface area contributed by atoms with E-state index in [4.69, 9.17) is 23.2 Å². The Balaban J connectivity index is 2.35. The summed E-state index contributed by atoms with van der Waals surface area (Å²) in [6.07, 6.45) is 5.88. The Bertz CT molecular complexity index is 132. The third-order valence-corrected chi connectivity index (χ3v) is 2.73. The fraction of sp³-hybridized carbons (Fsp3) is 0.750. The van der Waals surface area contributed by atoms with Gasteiger partial charge in [0.25, 0.3) is 0 Å². The minimum Gasteiger partial charge on any atom is -0.121 e. The Morgan fingerprint density at radius 1 is 1.40 bits per heavy atom. The maximum absolute atomic E-state index is 5.91. The van der Waals surface area contributed by atoms with E-state index < -0.39 is 0 Å². The summed E-state index contributed by atoms with van der Waals surface area (Å²) in [7, 11) is 0. The Hall–Kier alpha value is 0.320. The summed E-state index contributed by atoms with van der Waals surface area (Å²) in [6.45, 7) is 1.93. The molecule has 1 rings (SSSR count). The second kappa shape index (κ2) is 3.64. The van der Waals surface area contributed by atoms with Gasteiger partial charge in [0, 0.05) is 0 Å². The van der Waals surface area contributed by atoms with E-state index in [0.717, 1.165) is 0 Å². The predicted octanol–water partition coefficient (Wildman–Crippen LogP) is 3.33. The molecule has 0 N–H and O–H groups in total. The highest BCUT2D eigenvalue weighted by atomic mass is 35.5. The highest BCUT2D eigenvalue weighted by Crippen LogP contribution is 2.27. The van der Waals surface area contributed by atoms with Crippen LogP contribution in [0, 0.1) is 0 Å². The second-order valence-corrected chi connectivity index (χ2v) is 3.99. The van der Waals surface area contributed by atoms with Gasteiger partial charge in [0.05, 0.1) is 10.8 Å². The number of allylic oxidation sites excluding steroid dienone is 2. The number of halogens is 2. The quantitative estimate of drug-likeness (QED) is 0.450. The van der Waals surface area contributed by atoms with E-state index in [2.05, 4.69) is 6.08 Å². The summed E-state index contributed by atoms with van der Waals surface area (Å²) in [6, 6.07) is 0. The molecular formula is C8H12Cl2. The number of hydrogen-bond donors (Lipinski definition) is 0. The summed E-state index contributed by atoms with van der Waals surface area (Å²) in [4.78, 5) is 0. The van der Waals surface area contributed by atoms with Gasteiger partial charge in [-0.3, -0.25) is 0 Å². The van der Waals surface area contributed by atoms with Gasteiger partial charge in [0.2, 0.25) is 0 Å². The largest absolute Gasteiger partial charge is 0.121 e.